The fourth-order valence-corrected chi connectivity index (χ4v) is 3.80. The number of allylic oxidation sites excluding steroid dienone is 1. The Balaban J connectivity index is 1.69. The van der Waals surface area contributed by atoms with E-state index in [0.29, 0.717) is 6.17 Å². The molecule has 0 aromatic carbocycles. The van der Waals surface area contributed by atoms with Crippen LogP contribution in [-0.4, -0.2) is 68.3 Å². The zero-order chi connectivity index (χ0) is 16.9. The minimum Gasteiger partial charge on any atom is -0.314 e. The van der Waals surface area contributed by atoms with Gasteiger partial charge in [0.15, 0.2) is 0 Å². The van der Waals surface area contributed by atoms with E-state index in [0.717, 1.165) is 26.2 Å². The fourth-order valence-electron chi connectivity index (χ4n) is 3.80. The van der Waals surface area contributed by atoms with Crippen molar-refractivity contribution in [2.45, 2.75) is 64.5 Å². The first-order valence-electron chi connectivity index (χ1n) is 10.5. The van der Waals surface area contributed by atoms with Crippen LogP contribution in [0, 0.1) is 0 Å². The fraction of sp³-hybridized carbons (Fsp3) is 0.900. The number of rotatable bonds is 11. The van der Waals surface area contributed by atoms with Gasteiger partial charge in [0, 0.05) is 52.4 Å². The van der Waals surface area contributed by atoms with E-state index in [1.807, 2.05) is 0 Å². The Morgan fingerprint density at radius 2 is 1.25 bits per heavy atom. The van der Waals surface area contributed by atoms with Crippen molar-refractivity contribution in [1.29, 1.82) is 0 Å². The Bertz CT molecular complexity index is 302. The van der Waals surface area contributed by atoms with Gasteiger partial charge in [0.05, 0.1) is 6.17 Å². The van der Waals surface area contributed by atoms with Crippen LogP contribution in [0.1, 0.15) is 58.3 Å². The van der Waals surface area contributed by atoms with Gasteiger partial charge >= 0.3 is 0 Å². The summed E-state index contributed by atoms with van der Waals surface area (Å²) in [7, 11) is 0. The molecule has 0 saturated carbocycles. The monoisotopic (exact) mass is 336 g/mol. The molecule has 0 aromatic heterocycles. The lowest BCUT2D eigenvalue weighted by atomic mass is 10.1. The van der Waals surface area contributed by atoms with E-state index in [1.165, 1.54) is 77.5 Å². The normalized spacial score (nSPS) is 21.1. The molecule has 2 rings (SSSR count). The van der Waals surface area contributed by atoms with Crippen molar-refractivity contribution in [3.63, 3.8) is 0 Å². The van der Waals surface area contributed by atoms with Gasteiger partial charge in [-0.2, -0.15) is 0 Å². The van der Waals surface area contributed by atoms with Gasteiger partial charge < -0.3 is 10.6 Å². The SMILES string of the molecule is CCCCCCCCCC=CC(N1CCNCC1)N1CCNCC1. The number of nitrogens with zero attached hydrogens (tertiary/aromatic N) is 2. The molecule has 0 atom stereocenters. The summed E-state index contributed by atoms with van der Waals surface area (Å²) in [5.41, 5.74) is 0. The van der Waals surface area contributed by atoms with Crippen LogP contribution in [0.3, 0.4) is 0 Å². The molecule has 0 bridgehead atoms. The molecule has 2 fully saturated rings. The average molecular weight is 337 g/mol. The number of hydrogen-bond acceptors (Lipinski definition) is 4. The third-order valence-corrected chi connectivity index (χ3v) is 5.33. The molecule has 4 heteroatoms. The highest BCUT2D eigenvalue weighted by Gasteiger charge is 2.25. The van der Waals surface area contributed by atoms with Crippen LogP contribution in [0.4, 0.5) is 0 Å². The summed E-state index contributed by atoms with van der Waals surface area (Å²) in [4.78, 5) is 5.31. The van der Waals surface area contributed by atoms with E-state index in [4.69, 9.17) is 0 Å². The molecule has 0 aromatic rings. The zero-order valence-corrected chi connectivity index (χ0v) is 15.9. The number of piperazine rings is 2. The third-order valence-electron chi connectivity index (χ3n) is 5.33. The van der Waals surface area contributed by atoms with Crippen LogP contribution in [0.15, 0.2) is 12.2 Å². The van der Waals surface area contributed by atoms with Crippen molar-refractivity contribution >= 4 is 0 Å². The summed E-state index contributed by atoms with van der Waals surface area (Å²) in [5.74, 6) is 0. The molecule has 0 amide bonds. The minimum absolute atomic E-state index is 0.513. The lowest BCUT2D eigenvalue weighted by Gasteiger charge is -2.42. The zero-order valence-electron chi connectivity index (χ0n) is 15.9. The first kappa shape index (κ1) is 19.9. The summed E-state index contributed by atoms with van der Waals surface area (Å²) < 4.78 is 0. The summed E-state index contributed by atoms with van der Waals surface area (Å²) in [5, 5.41) is 6.96. The average Bonchev–Trinajstić information content (AvgIpc) is 2.65. The molecule has 140 valence electrons. The maximum atomic E-state index is 3.48. The molecule has 0 radical (unpaired) electrons. The van der Waals surface area contributed by atoms with Gasteiger partial charge in [0.1, 0.15) is 0 Å². The smallest absolute Gasteiger partial charge is 0.0816 e. The molecule has 0 unspecified atom stereocenters. The van der Waals surface area contributed by atoms with Crippen LogP contribution in [0.2, 0.25) is 0 Å². The quantitative estimate of drug-likeness (QED) is 0.449. The predicted octanol–water partition coefficient (Wildman–Crippen LogP) is 2.82. The largest absolute Gasteiger partial charge is 0.314 e. The van der Waals surface area contributed by atoms with Crippen molar-refractivity contribution in [2.75, 3.05) is 52.4 Å². The number of nitrogens with one attached hydrogen (secondary N) is 2. The van der Waals surface area contributed by atoms with Crippen molar-refractivity contribution < 1.29 is 0 Å². The first-order chi connectivity index (χ1) is 11.9. The van der Waals surface area contributed by atoms with Crippen molar-refractivity contribution in [3.05, 3.63) is 12.2 Å². The molecule has 0 aliphatic carbocycles. The van der Waals surface area contributed by atoms with Crippen LogP contribution in [0.25, 0.3) is 0 Å². The topological polar surface area (TPSA) is 30.5 Å². The van der Waals surface area contributed by atoms with Crippen LogP contribution in [-0.2, 0) is 0 Å². The molecule has 2 aliphatic rings. The number of unbranched alkanes of at least 4 members (excludes halogenated alkanes) is 7. The Kier molecular flexibility index (Phi) is 10.7. The van der Waals surface area contributed by atoms with Crippen LogP contribution < -0.4 is 10.6 Å². The summed E-state index contributed by atoms with van der Waals surface area (Å²) in [6.07, 6.45) is 16.5. The molecular formula is C20H40N4. The van der Waals surface area contributed by atoms with E-state index in [-0.39, 0.29) is 0 Å². The van der Waals surface area contributed by atoms with Gasteiger partial charge in [-0.05, 0) is 12.8 Å². The van der Waals surface area contributed by atoms with Crippen molar-refractivity contribution in [1.82, 2.24) is 20.4 Å². The van der Waals surface area contributed by atoms with Crippen molar-refractivity contribution in [3.8, 4) is 0 Å². The molecule has 24 heavy (non-hydrogen) atoms. The Labute approximate surface area is 150 Å². The van der Waals surface area contributed by atoms with E-state index >= 15 is 0 Å². The minimum atomic E-state index is 0.513. The molecule has 4 nitrogen and oxygen atoms in total. The van der Waals surface area contributed by atoms with E-state index < -0.39 is 0 Å². The van der Waals surface area contributed by atoms with Gasteiger partial charge in [-0.3, -0.25) is 9.80 Å². The maximum Gasteiger partial charge on any atom is 0.0816 e. The van der Waals surface area contributed by atoms with Crippen molar-refractivity contribution in [2.24, 2.45) is 0 Å². The number of hydrogen-bond donors (Lipinski definition) is 2. The Morgan fingerprint density at radius 3 is 1.79 bits per heavy atom. The summed E-state index contributed by atoms with van der Waals surface area (Å²) in [6, 6.07) is 0. The van der Waals surface area contributed by atoms with E-state index in [1.54, 1.807) is 0 Å². The molecule has 0 spiro atoms. The second-order valence-electron chi connectivity index (χ2n) is 7.32. The Hall–Kier alpha value is -0.420. The molecular weight excluding hydrogens is 296 g/mol. The highest BCUT2D eigenvalue weighted by Crippen LogP contribution is 2.13. The third kappa shape index (κ3) is 7.64. The van der Waals surface area contributed by atoms with Gasteiger partial charge in [-0.1, -0.05) is 57.6 Å². The molecule has 2 N–H and O–H groups in total. The first-order valence-corrected chi connectivity index (χ1v) is 10.5. The lowest BCUT2D eigenvalue weighted by Crippen LogP contribution is -2.58. The van der Waals surface area contributed by atoms with E-state index in [9.17, 15) is 0 Å². The Morgan fingerprint density at radius 1 is 0.750 bits per heavy atom. The lowest BCUT2D eigenvalue weighted by molar-refractivity contribution is 0.0567. The van der Waals surface area contributed by atoms with Crippen LogP contribution in [0.5, 0.6) is 0 Å². The second-order valence-corrected chi connectivity index (χ2v) is 7.32. The van der Waals surface area contributed by atoms with Gasteiger partial charge in [0.25, 0.3) is 0 Å². The molecule has 2 aliphatic heterocycles. The van der Waals surface area contributed by atoms with Gasteiger partial charge in [-0.25, -0.2) is 0 Å². The van der Waals surface area contributed by atoms with Crippen LogP contribution >= 0.6 is 0 Å². The summed E-state index contributed by atoms with van der Waals surface area (Å²) >= 11 is 0. The highest BCUT2D eigenvalue weighted by atomic mass is 15.4. The highest BCUT2D eigenvalue weighted by molar-refractivity contribution is 4.96. The van der Waals surface area contributed by atoms with Gasteiger partial charge in [-0.15, -0.1) is 0 Å². The molecule has 2 heterocycles. The second kappa shape index (κ2) is 12.9. The maximum absolute atomic E-state index is 3.48. The standard InChI is InChI=1S/C20H40N4/c1-2-3-4-5-6-7-8-9-10-11-20(23-16-12-21-13-17-23)24-18-14-22-15-19-24/h10-11,20-22H,2-9,12-19H2,1H3. The van der Waals surface area contributed by atoms with E-state index in [2.05, 4.69) is 39.5 Å². The molecule has 2 saturated heterocycles. The predicted molar refractivity (Wildman–Crippen MR) is 104 cm³/mol. The summed E-state index contributed by atoms with van der Waals surface area (Å²) in [6.45, 7) is 11.5. The van der Waals surface area contributed by atoms with Gasteiger partial charge in [0.2, 0.25) is 0 Å².